The van der Waals surface area contributed by atoms with Gasteiger partial charge in [-0.1, -0.05) is 32.9 Å². The Morgan fingerprint density at radius 3 is 2.86 bits per heavy atom. The number of hydrogen-bond donors (Lipinski definition) is 1. The third kappa shape index (κ3) is 4.47. The van der Waals surface area contributed by atoms with E-state index in [0.29, 0.717) is 11.3 Å². The van der Waals surface area contributed by atoms with Crippen molar-refractivity contribution < 1.29 is 4.74 Å². The second-order valence-electron chi connectivity index (χ2n) is 7.25. The average Bonchev–Trinajstić information content (AvgIpc) is 2.48. The van der Waals surface area contributed by atoms with Crippen LogP contribution in [0.2, 0.25) is 0 Å². The Morgan fingerprint density at radius 1 is 1.33 bits per heavy atom. The first-order chi connectivity index (χ1) is 10.1. The highest BCUT2D eigenvalue weighted by Gasteiger charge is 2.35. The van der Waals surface area contributed by atoms with E-state index in [1.807, 2.05) is 6.07 Å². The minimum absolute atomic E-state index is 0.453. The first-order valence-electron chi connectivity index (χ1n) is 8.40. The zero-order valence-corrected chi connectivity index (χ0v) is 14.1. The smallest absolute Gasteiger partial charge is 0.119 e. The van der Waals surface area contributed by atoms with Gasteiger partial charge in [-0.2, -0.15) is 0 Å². The van der Waals surface area contributed by atoms with Crippen LogP contribution in [-0.4, -0.2) is 20.2 Å². The largest absolute Gasteiger partial charge is 0.497 e. The number of ether oxygens (including phenoxy) is 1. The molecule has 1 fully saturated rings. The summed E-state index contributed by atoms with van der Waals surface area (Å²) < 4.78 is 5.42. The fourth-order valence-corrected chi connectivity index (χ4v) is 3.61. The van der Waals surface area contributed by atoms with Gasteiger partial charge in [-0.25, -0.2) is 0 Å². The Labute approximate surface area is 130 Å². The zero-order chi connectivity index (χ0) is 15.3. The molecule has 1 aromatic rings. The Bertz CT molecular complexity index is 441. The maximum absolute atomic E-state index is 5.42. The molecule has 2 rings (SSSR count). The van der Waals surface area contributed by atoms with E-state index in [1.54, 1.807) is 7.11 Å². The van der Waals surface area contributed by atoms with Crippen LogP contribution >= 0.6 is 0 Å². The molecule has 2 unspecified atom stereocenters. The molecule has 1 saturated carbocycles. The number of benzene rings is 1. The molecule has 0 aliphatic heterocycles. The average molecular weight is 289 g/mol. The summed E-state index contributed by atoms with van der Waals surface area (Å²) in [6.45, 7) is 9.33. The van der Waals surface area contributed by atoms with Crippen LogP contribution in [0.15, 0.2) is 24.3 Å². The monoisotopic (exact) mass is 289 g/mol. The maximum Gasteiger partial charge on any atom is 0.119 e. The predicted molar refractivity (Wildman–Crippen MR) is 90.0 cm³/mol. The predicted octanol–water partition coefficient (Wildman–Crippen LogP) is 4.60. The lowest BCUT2D eigenvalue weighted by atomic mass is 9.65. The van der Waals surface area contributed by atoms with Crippen molar-refractivity contribution in [1.29, 1.82) is 0 Å². The summed E-state index contributed by atoms with van der Waals surface area (Å²) in [5.74, 6) is 2.38. The lowest BCUT2D eigenvalue weighted by Gasteiger charge is -2.41. The highest BCUT2D eigenvalue weighted by molar-refractivity contribution is 5.31. The molecule has 21 heavy (non-hydrogen) atoms. The van der Waals surface area contributed by atoms with E-state index in [0.717, 1.165) is 24.8 Å². The molecule has 0 saturated heterocycles. The van der Waals surface area contributed by atoms with Crippen LogP contribution in [0.5, 0.6) is 5.75 Å². The SMILES string of the molecule is CCCNCC1CCC(C)(C)CC1c1cccc(OC)c1. The lowest BCUT2D eigenvalue weighted by molar-refractivity contribution is 0.159. The van der Waals surface area contributed by atoms with Crippen molar-refractivity contribution in [2.24, 2.45) is 11.3 Å². The van der Waals surface area contributed by atoms with E-state index in [4.69, 9.17) is 4.74 Å². The van der Waals surface area contributed by atoms with Crippen LogP contribution in [-0.2, 0) is 0 Å². The highest BCUT2D eigenvalue weighted by atomic mass is 16.5. The van der Waals surface area contributed by atoms with Crippen LogP contribution in [0.1, 0.15) is 57.9 Å². The molecule has 0 bridgehead atoms. The first-order valence-corrected chi connectivity index (χ1v) is 8.40. The summed E-state index contributed by atoms with van der Waals surface area (Å²) in [6, 6.07) is 8.69. The fourth-order valence-electron chi connectivity index (χ4n) is 3.61. The quantitative estimate of drug-likeness (QED) is 0.772. The second kappa shape index (κ2) is 7.31. The molecule has 0 amide bonds. The van der Waals surface area contributed by atoms with Gasteiger partial charge in [0, 0.05) is 0 Å². The van der Waals surface area contributed by atoms with Crippen molar-refractivity contribution in [1.82, 2.24) is 5.32 Å². The van der Waals surface area contributed by atoms with E-state index in [-0.39, 0.29) is 0 Å². The van der Waals surface area contributed by atoms with Gasteiger partial charge in [-0.05, 0) is 73.7 Å². The highest BCUT2D eigenvalue weighted by Crippen LogP contribution is 2.46. The van der Waals surface area contributed by atoms with Gasteiger partial charge in [0.15, 0.2) is 0 Å². The van der Waals surface area contributed by atoms with Crippen LogP contribution in [0.25, 0.3) is 0 Å². The zero-order valence-electron chi connectivity index (χ0n) is 14.1. The second-order valence-corrected chi connectivity index (χ2v) is 7.25. The van der Waals surface area contributed by atoms with Gasteiger partial charge in [-0.3, -0.25) is 0 Å². The minimum Gasteiger partial charge on any atom is -0.497 e. The van der Waals surface area contributed by atoms with Crippen molar-refractivity contribution >= 4 is 0 Å². The standard InChI is InChI=1S/C19H31NO/c1-5-11-20-14-16-9-10-19(2,3)13-18(16)15-7-6-8-17(12-15)21-4/h6-8,12,16,18,20H,5,9-11,13-14H2,1-4H3. The molecule has 0 aromatic heterocycles. The van der Waals surface area contributed by atoms with E-state index in [9.17, 15) is 0 Å². The van der Waals surface area contributed by atoms with Crippen LogP contribution in [0.4, 0.5) is 0 Å². The first kappa shape index (κ1) is 16.4. The topological polar surface area (TPSA) is 21.3 Å². The van der Waals surface area contributed by atoms with Gasteiger partial charge < -0.3 is 10.1 Å². The summed E-state index contributed by atoms with van der Waals surface area (Å²) >= 11 is 0. The normalized spacial score (nSPS) is 24.8. The van der Waals surface area contributed by atoms with E-state index >= 15 is 0 Å². The number of methoxy groups -OCH3 is 1. The Balaban J connectivity index is 2.15. The third-order valence-electron chi connectivity index (χ3n) is 4.89. The summed E-state index contributed by atoms with van der Waals surface area (Å²) in [7, 11) is 1.75. The molecular weight excluding hydrogens is 258 g/mol. The molecule has 0 spiro atoms. The lowest BCUT2D eigenvalue weighted by Crippen LogP contribution is -2.35. The molecule has 1 N–H and O–H groups in total. The number of hydrogen-bond acceptors (Lipinski definition) is 2. The Hall–Kier alpha value is -1.02. The summed E-state index contributed by atoms with van der Waals surface area (Å²) in [5.41, 5.74) is 1.90. The molecule has 2 atom stereocenters. The van der Waals surface area contributed by atoms with Crippen molar-refractivity contribution in [3.63, 3.8) is 0 Å². The van der Waals surface area contributed by atoms with Gasteiger partial charge in [-0.15, -0.1) is 0 Å². The summed E-state index contributed by atoms with van der Waals surface area (Å²) in [6.07, 6.45) is 5.15. The summed E-state index contributed by atoms with van der Waals surface area (Å²) in [5, 5.41) is 3.63. The molecule has 1 aromatic carbocycles. The Morgan fingerprint density at radius 2 is 2.14 bits per heavy atom. The van der Waals surface area contributed by atoms with Crippen LogP contribution in [0, 0.1) is 11.3 Å². The van der Waals surface area contributed by atoms with E-state index in [1.165, 1.54) is 31.2 Å². The molecular formula is C19H31NO. The van der Waals surface area contributed by atoms with Crippen LogP contribution < -0.4 is 10.1 Å². The number of rotatable bonds is 6. The summed E-state index contributed by atoms with van der Waals surface area (Å²) in [4.78, 5) is 0. The van der Waals surface area contributed by atoms with E-state index in [2.05, 4.69) is 44.3 Å². The molecule has 2 nitrogen and oxygen atoms in total. The fraction of sp³-hybridized carbons (Fsp3) is 0.684. The van der Waals surface area contributed by atoms with E-state index < -0.39 is 0 Å². The molecule has 0 radical (unpaired) electrons. The van der Waals surface area contributed by atoms with Crippen LogP contribution in [0.3, 0.4) is 0 Å². The molecule has 1 aliphatic rings. The Kier molecular flexibility index (Phi) is 5.69. The van der Waals surface area contributed by atoms with Gasteiger partial charge >= 0.3 is 0 Å². The van der Waals surface area contributed by atoms with Crippen molar-refractivity contribution in [3.8, 4) is 5.75 Å². The van der Waals surface area contributed by atoms with Gasteiger partial charge in [0.05, 0.1) is 7.11 Å². The van der Waals surface area contributed by atoms with Crippen molar-refractivity contribution in [2.75, 3.05) is 20.2 Å². The van der Waals surface area contributed by atoms with Gasteiger partial charge in [0.1, 0.15) is 5.75 Å². The minimum atomic E-state index is 0.453. The van der Waals surface area contributed by atoms with Gasteiger partial charge in [0.2, 0.25) is 0 Å². The third-order valence-corrected chi connectivity index (χ3v) is 4.89. The number of nitrogens with one attached hydrogen (secondary N) is 1. The van der Waals surface area contributed by atoms with Crippen molar-refractivity contribution in [3.05, 3.63) is 29.8 Å². The molecule has 0 heterocycles. The van der Waals surface area contributed by atoms with Crippen molar-refractivity contribution in [2.45, 2.75) is 52.4 Å². The van der Waals surface area contributed by atoms with Gasteiger partial charge in [0.25, 0.3) is 0 Å². The maximum atomic E-state index is 5.42. The molecule has 118 valence electrons. The molecule has 1 aliphatic carbocycles. The molecule has 2 heteroatoms.